The fourth-order valence-electron chi connectivity index (χ4n) is 1.50. The second kappa shape index (κ2) is 3.78. The van der Waals surface area contributed by atoms with Gasteiger partial charge < -0.3 is 9.31 Å². The number of pyridine rings is 1. The summed E-state index contributed by atoms with van der Waals surface area (Å²) in [6.07, 6.45) is -0.841. The highest BCUT2D eigenvalue weighted by Crippen LogP contribution is 2.36. The summed E-state index contributed by atoms with van der Waals surface area (Å²) in [7, 11) is -1.26. The second-order valence-electron chi connectivity index (χ2n) is 5.01. The average molecular weight is 242 g/mol. The summed E-state index contributed by atoms with van der Waals surface area (Å²) in [6.45, 7) is 4.28. The van der Waals surface area contributed by atoms with Crippen LogP contribution < -0.4 is 5.46 Å². The van der Waals surface area contributed by atoms with Crippen LogP contribution in [0.15, 0.2) is 12.2 Å². The van der Waals surface area contributed by atoms with Gasteiger partial charge >= 0.3 is 7.12 Å². The fraction of sp³-hybridized carbons (Fsp3) is 0.583. The van der Waals surface area contributed by atoms with Gasteiger partial charge in [0.25, 0.3) is 0 Å². The van der Waals surface area contributed by atoms with Crippen LogP contribution in [0.25, 0.3) is 0 Å². The highest BCUT2D eigenvalue weighted by Gasteiger charge is 2.52. The molecule has 1 saturated heterocycles. The summed E-state index contributed by atoms with van der Waals surface area (Å²) >= 11 is 0. The van der Waals surface area contributed by atoms with Crippen LogP contribution in [0.3, 0.4) is 0 Å². The van der Waals surface area contributed by atoms with E-state index >= 15 is 0 Å². The lowest BCUT2D eigenvalue weighted by Gasteiger charge is -2.32. The minimum Gasteiger partial charge on any atom is -0.399 e. The third-order valence-corrected chi connectivity index (χ3v) is 3.24. The summed E-state index contributed by atoms with van der Waals surface area (Å²) in [5, 5.41) is 0. The monoisotopic (exact) mass is 242 g/mol. The standard InChI is InChI=1S/C12H17BFNO2/c1-8-6-9(10(14)7-15-8)13-16-11(2,3)12(4,5)17-13/h6-7H,1-5H3/i1D3,6D,7D. The van der Waals surface area contributed by atoms with E-state index in [2.05, 4.69) is 4.98 Å². The van der Waals surface area contributed by atoms with Gasteiger partial charge in [0.15, 0.2) is 0 Å². The Morgan fingerprint density at radius 3 is 2.47 bits per heavy atom. The van der Waals surface area contributed by atoms with Crippen molar-refractivity contribution in [2.75, 3.05) is 0 Å². The molecule has 1 aliphatic heterocycles. The molecular formula is C12H17BFNO2. The van der Waals surface area contributed by atoms with Gasteiger partial charge in [-0.3, -0.25) is 4.98 Å². The molecule has 0 radical (unpaired) electrons. The van der Waals surface area contributed by atoms with Crippen molar-refractivity contribution in [1.82, 2.24) is 4.98 Å². The smallest absolute Gasteiger partial charge is 0.399 e. The van der Waals surface area contributed by atoms with Crippen molar-refractivity contribution in [2.45, 2.75) is 45.7 Å². The van der Waals surface area contributed by atoms with E-state index in [0.29, 0.717) is 0 Å². The van der Waals surface area contributed by atoms with Crippen LogP contribution in [0, 0.1) is 12.7 Å². The van der Waals surface area contributed by atoms with E-state index in [1.807, 2.05) is 0 Å². The first kappa shape index (κ1) is 7.49. The van der Waals surface area contributed by atoms with Crippen molar-refractivity contribution < 1.29 is 20.6 Å². The van der Waals surface area contributed by atoms with Crippen molar-refractivity contribution in [2.24, 2.45) is 0 Å². The lowest BCUT2D eigenvalue weighted by molar-refractivity contribution is 0.00578. The largest absolute Gasteiger partial charge is 0.497 e. The minimum atomic E-state index is -2.72. The maximum Gasteiger partial charge on any atom is 0.497 e. The van der Waals surface area contributed by atoms with Crippen LogP contribution in [0.5, 0.6) is 0 Å². The maximum atomic E-state index is 14.3. The van der Waals surface area contributed by atoms with Crippen molar-refractivity contribution in [3.8, 4) is 0 Å². The highest BCUT2D eigenvalue weighted by atomic mass is 19.1. The molecule has 92 valence electrons. The molecule has 0 N–H and O–H groups in total. The number of halogens is 1. The van der Waals surface area contributed by atoms with Crippen LogP contribution in [0.2, 0.25) is 0 Å². The van der Waals surface area contributed by atoms with E-state index in [4.69, 9.17) is 16.2 Å². The Balaban J connectivity index is 2.60. The first-order valence-electron chi connectivity index (χ1n) is 7.80. The van der Waals surface area contributed by atoms with E-state index in [9.17, 15) is 4.39 Å². The molecule has 0 bridgehead atoms. The Morgan fingerprint density at radius 2 is 1.94 bits per heavy atom. The Labute approximate surface area is 109 Å². The molecule has 1 aromatic heterocycles. The van der Waals surface area contributed by atoms with Crippen molar-refractivity contribution in [1.29, 1.82) is 0 Å². The van der Waals surface area contributed by atoms with Gasteiger partial charge in [0.2, 0.25) is 0 Å². The molecule has 0 spiro atoms. The Kier molecular flexibility index (Phi) is 1.67. The van der Waals surface area contributed by atoms with Crippen LogP contribution in [-0.4, -0.2) is 23.3 Å². The summed E-state index contributed by atoms with van der Waals surface area (Å²) < 4.78 is 63.2. The van der Waals surface area contributed by atoms with Crippen LogP contribution in [-0.2, 0) is 9.31 Å². The molecule has 17 heavy (non-hydrogen) atoms. The lowest BCUT2D eigenvalue weighted by Crippen LogP contribution is -2.41. The normalized spacial score (nSPS) is 26.9. The molecule has 2 heterocycles. The van der Waals surface area contributed by atoms with Crippen LogP contribution in [0.4, 0.5) is 4.39 Å². The third-order valence-electron chi connectivity index (χ3n) is 3.24. The number of aryl methyl sites for hydroxylation is 1. The highest BCUT2D eigenvalue weighted by molar-refractivity contribution is 6.62. The number of aromatic nitrogens is 1. The topological polar surface area (TPSA) is 31.4 Å². The summed E-state index contributed by atoms with van der Waals surface area (Å²) in [6, 6.07) is -0.619. The first-order chi connectivity index (χ1) is 9.78. The first-order valence-corrected chi connectivity index (χ1v) is 5.30. The molecule has 0 unspecified atom stereocenters. The molecule has 1 aromatic rings. The zero-order valence-electron chi connectivity index (χ0n) is 15.2. The molecule has 1 fully saturated rings. The number of rotatable bonds is 1. The number of hydrogen-bond donors (Lipinski definition) is 0. The second-order valence-corrected chi connectivity index (χ2v) is 5.01. The zero-order chi connectivity index (χ0) is 17.1. The Hall–Kier alpha value is -0.935. The summed E-state index contributed by atoms with van der Waals surface area (Å²) in [5.74, 6) is -1.10. The summed E-state index contributed by atoms with van der Waals surface area (Å²) in [4.78, 5) is 3.38. The predicted molar refractivity (Wildman–Crippen MR) is 64.6 cm³/mol. The van der Waals surface area contributed by atoms with Crippen molar-refractivity contribution in [3.05, 3.63) is 23.7 Å². The Morgan fingerprint density at radius 1 is 1.35 bits per heavy atom. The van der Waals surface area contributed by atoms with Gasteiger partial charge in [0.1, 0.15) is 5.82 Å². The molecule has 3 nitrogen and oxygen atoms in total. The number of nitrogens with zero attached hydrogens (tertiary/aromatic N) is 1. The molecular weight excluding hydrogens is 220 g/mol. The molecule has 0 aromatic carbocycles. The molecule has 2 rings (SSSR count). The van der Waals surface area contributed by atoms with Gasteiger partial charge in [-0.05, 0) is 40.6 Å². The molecule has 0 aliphatic carbocycles. The third kappa shape index (κ3) is 2.09. The zero-order valence-corrected chi connectivity index (χ0v) is 10.2. The quantitative estimate of drug-likeness (QED) is 0.704. The summed E-state index contributed by atoms with van der Waals surface area (Å²) in [5.41, 5.74) is -2.59. The molecule has 0 amide bonds. The molecule has 1 aliphatic rings. The minimum absolute atomic E-state index is 0.398. The van der Waals surface area contributed by atoms with E-state index in [-0.39, 0.29) is 0 Å². The molecule has 5 heteroatoms. The van der Waals surface area contributed by atoms with Gasteiger partial charge in [-0.2, -0.15) is 0 Å². The lowest BCUT2D eigenvalue weighted by atomic mass is 9.79. The van der Waals surface area contributed by atoms with Crippen molar-refractivity contribution in [3.63, 3.8) is 0 Å². The van der Waals surface area contributed by atoms with Gasteiger partial charge in [-0.15, -0.1) is 0 Å². The van der Waals surface area contributed by atoms with E-state index in [0.717, 1.165) is 0 Å². The maximum absolute atomic E-state index is 14.3. The fourth-order valence-corrected chi connectivity index (χ4v) is 1.50. The van der Waals surface area contributed by atoms with E-state index in [1.54, 1.807) is 27.7 Å². The van der Waals surface area contributed by atoms with Crippen LogP contribution >= 0.6 is 0 Å². The van der Waals surface area contributed by atoms with Gasteiger partial charge in [-0.25, -0.2) is 4.39 Å². The van der Waals surface area contributed by atoms with Gasteiger partial charge in [0, 0.05) is 15.3 Å². The molecule has 0 atom stereocenters. The van der Waals surface area contributed by atoms with E-state index < -0.39 is 54.4 Å². The predicted octanol–water partition coefficient (Wildman–Crippen LogP) is 1.83. The average Bonchev–Trinajstić information content (AvgIpc) is 2.51. The number of hydrogen-bond acceptors (Lipinski definition) is 3. The SMILES string of the molecule is [2H]c1nc(C([2H])([2H])[2H])c([2H])c(B2OC(C)(C)C(C)(C)O2)c1F. The molecule has 0 saturated carbocycles. The van der Waals surface area contributed by atoms with Crippen LogP contribution in [0.1, 0.15) is 40.2 Å². The van der Waals surface area contributed by atoms with E-state index in [1.165, 1.54) is 0 Å². The Bertz CT molecular complexity index is 605. The van der Waals surface area contributed by atoms with Gasteiger partial charge in [0.05, 0.1) is 20.1 Å². The van der Waals surface area contributed by atoms with Gasteiger partial charge in [-0.1, -0.05) is 0 Å². The van der Waals surface area contributed by atoms with Crippen molar-refractivity contribution >= 4 is 12.6 Å².